The Kier molecular flexibility index (Phi) is 3.36. The zero-order valence-electron chi connectivity index (χ0n) is 6.00. The maximum atomic E-state index is 4.08. The van der Waals surface area contributed by atoms with Crippen LogP contribution in [0.5, 0.6) is 0 Å². The fourth-order valence-electron chi connectivity index (χ4n) is 0.603. The van der Waals surface area contributed by atoms with Gasteiger partial charge in [0, 0.05) is 18.1 Å². The average Bonchev–Trinajstić information content (AvgIpc) is 2.41. The van der Waals surface area contributed by atoms with Gasteiger partial charge in [-0.25, -0.2) is 4.98 Å². The zero-order chi connectivity index (χ0) is 7.23. The first-order chi connectivity index (χ1) is 4.93. The number of thioether (sulfide) groups is 1. The van der Waals surface area contributed by atoms with Crippen LogP contribution in [0.25, 0.3) is 0 Å². The first-order valence-electron chi connectivity index (χ1n) is 3.33. The van der Waals surface area contributed by atoms with Crippen LogP contribution >= 0.6 is 11.8 Å². The van der Waals surface area contributed by atoms with Gasteiger partial charge in [-0.2, -0.15) is 0 Å². The third-order valence-electron chi connectivity index (χ3n) is 1.12. The Morgan fingerprint density at radius 3 is 3.30 bits per heavy atom. The van der Waals surface area contributed by atoms with Crippen LogP contribution < -0.4 is 0 Å². The van der Waals surface area contributed by atoms with Gasteiger partial charge in [0.1, 0.15) is 0 Å². The Labute approximate surface area is 65.4 Å². The minimum atomic E-state index is 1.02. The van der Waals surface area contributed by atoms with Crippen molar-refractivity contribution in [2.75, 3.05) is 5.75 Å². The minimum absolute atomic E-state index is 1.02. The number of imidazole rings is 1. The fourth-order valence-corrected chi connectivity index (χ4v) is 1.44. The summed E-state index contributed by atoms with van der Waals surface area (Å²) in [7, 11) is 0. The number of hydrogen-bond acceptors (Lipinski definition) is 2. The summed E-state index contributed by atoms with van der Waals surface area (Å²) in [6.45, 7) is 2.07. The Morgan fingerprint density at radius 1 is 1.80 bits per heavy atom. The maximum absolute atomic E-state index is 4.08. The molecule has 55 valence electrons. The van der Waals surface area contributed by atoms with Crippen molar-refractivity contribution in [2.45, 2.75) is 18.5 Å². The molecule has 0 amide bonds. The molecule has 1 rings (SSSR count). The zero-order valence-corrected chi connectivity index (χ0v) is 6.82. The van der Waals surface area contributed by atoms with E-state index in [4.69, 9.17) is 0 Å². The van der Waals surface area contributed by atoms with Gasteiger partial charge in [-0.15, -0.1) is 0 Å². The summed E-state index contributed by atoms with van der Waals surface area (Å²) in [5.74, 6) is 1.12. The number of nitrogens with zero attached hydrogens (tertiary/aromatic N) is 1. The molecule has 0 saturated heterocycles. The molecule has 10 heavy (non-hydrogen) atoms. The lowest BCUT2D eigenvalue weighted by Crippen LogP contribution is -1.79. The normalized spacial score (nSPS) is 10.1. The Balaban J connectivity index is 2.15. The van der Waals surface area contributed by atoms with E-state index in [9.17, 15) is 0 Å². The Bertz CT molecular complexity index is 160. The van der Waals surface area contributed by atoms with Gasteiger partial charge in [-0.1, -0.05) is 18.7 Å². The lowest BCUT2D eigenvalue weighted by molar-refractivity contribution is 1.04. The molecule has 1 aromatic rings. The van der Waals surface area contributed by atoms with Gasteiger partial charge < -0.3 is 4.98 Å². The smallest absolute Gasteiger partial charge is 0.165 e. The van der Waals surface area contributed by atoms with Crippen LogP contribution in [0, 0.1) is 6.42 Å². The molecule has 1 heterocycles. The molecular weight excluding hydrogens is 144 g/mol. The SMILES string of the molecule is C[CH]CCSc1ncc[nH]1. The highest BCUT2D eigenvalue weighted by molar-refractivity contribution is 7.99. The van der Waals surface area contributed by atoms with Crippen molar-refractivity contribution in [2.24, 2.45) is 0 Å². The van der Waals surface area contributed by atoms with E-state index in [2.05, 4.69) is 23.3 Å². The third-order valence-corrected chi connectivity index (χ3v) is 2.05. The van der Waals surface area contributed by atoms with Crippen molar-refractivity contribution < 1.29 is 0 Å². The lowest BCUT2D eigenvalue weighted by Gasteiger charge is -1.92. The van der Waals surface area contributed by atoms with Crippen LogP contribution in [0.2, 0.25) is 0 Å². The largest absolute Gasteiger partial charge is 0.340 e. The molecule has 0 unspecified atom stereocenters. The van der Waals surface area contributed by atoms with E-state index in [0.717, 1.165) is 17.3 Å². The molecule has 0 aliphatic carbocycles. The molecule has 1 N–H and O–H groups in total. The number of H-pyrrole nitrogens is 1. The number of aromatic amines is 1. The van der Waals surface area contributed by atoms with Gasteiger partial charge in [-0.3, -0.25) is 0 Å². The summed E-state index contributed by atoms with van der Waals surface area (Å²) >= 11 is 1.75. The topological polar surface area (TPSA) is 28.7 Å². The second-order valence-electron chi connectivity index (χ2n) is 1.94. The molecule has 0 aliphatic rings. The van der Waals surface area contributed by atoms with Crippen molar-refractivity contribution in [3.63, 3.8) is 0 Å². The van der Waals surface area contributed by atoms with Crippen LogP contribution in [0.3, 0.4) is 0 Å². The quantitative estimate of drug-likeness (QED) is 0.533. The molecule has 0 fully saturated rings. The standard InChI is InChI=1S/C7H11N2S/c1-2-3-6-10-7-8-4-5-9-7/h2,4-5H,3,6H2,1H3,(H,8,9). The van der Waals surface area contributed by atoms with Gasteiger partial charge in [0.2, 0.25) is 0 Å². The molecule has 0 bridgehead atoms. The van der Waals surface area contributed by atoms with Crippen LogP contribution in [-0.4, -0.2) is 15.7 Å². The average molecular weight is 155 g/mol. The van der Waals surface area contributed by atoms with Crippen molar-refractivity contribution in [3.05, 3.63) is 18.8 Å². The predicted molar refractivity (Wildman–Crippen MR) is 43.9 cm³/mol. The Hall–Kier alpha value is -0.440. The third kappa shape index (κ3) is 2.43. The highest BCUT2D eigenvalue weighted by Crippen LogP contribution is 2.12. The minimum Gasteiger partial charge on any atom is -0.340 e. The van der Waals surface area contributed by atoms with Gasteiger partial charge in [0.05, 0.1) is 0 Å². The van der Waals surface area contributed by atoms with E-state index < -0.39 is 0 Å². The van der Waals surface area contributed by atoms with E-state index in [1.54, 1.807) is 18.0 Å². The van der Waals surface area contributed by atoms with Crippen LogP contribution in [0.15, 0.2) is 17.6 Å². The lowest BCUT2D eigenvalue weighted by atomic mass is 10.4. The molecule has 0 aromatic carbocycles. The summed E-state index contributed by atoms with van der Waals surface area (Å²) in [4.78, 5) is 7.12. The van der Waals surface area contributed by atoms with E-state index in [1.807, 2.05) is 6.20 Å². The van der Waals surface area contributed by atoms with Gasteiger partial charge in [0.15, 0.2) is 5.16 Å². The van der Waals surface area contributed by atoms with E-state index >= 15 is 0 Å². The summed E-state index contributed by atoms with van der Waals surface area (Å²) < 4.78 is 0. The molecule has 2 nitrogen and oxygen atoms in total. The Morgan fingerprint density at radius 2 is 2.70 bits per heavy atom. The first kappa shape index (κ1) is 7.66. The highest BCUT2D eigenvalue weighted by atomic mass is 32.2. The summed E-state index contributed by atoms with van der Waals surface area (Å²) in [6.07, 6.45) is 6.93. The number of nitrogens with one attached hydrogen (secondary N) is 1. The molecule has 0 aliphatic heterocycles. The second-order valence-corrected chi connectivity index (χ2v) is 3.02. The molecule has 1 aromatic heterocycles. The molecule has 0 saturated carbocycles. The number of unbranched alkanes of at least 4 members (excludes halogenated alkanes) is 1. The van der Waals surface area contributed by atoms with Crippen LogP contribution in [0.4, 0.5) is 0 Å². The molecular formula is C7H11N2S. The number of rotatable bonds is 4. The van der Waals surface area contributed by atoms with Crippen molar-refractivity contribution in [3.8, 4) is 0 Å². The second kappa shape index (κ2) is 4.39. The van der Waals surface area contributed by atoms with E-state index in [1.165, 1.54) is 0 Å². The van der Waals surface area contributed by atoms with Crippen LogP contribution in [-0.2, 0) is 0 Å². The van der Waals surface area contributed by atoms with Gasteiger partial charge >= 0.3 is 0 Å². The highest BCUT2D eigenvalue weighted by Gasteiger charge is 1.92. The van der Waals surface area contributed by atoms with E-state index in [-0.39, 0.29) is 0 Å². The van der Waals surface area contributed by atoms with Crippen LogP contribution in [0.1, 0.15) is 13.3 Å². The van der Waals surface area contributed by atoms with E-state index in [0.29, 0.717) is 0 Å². The first-order valence-corrected chi connectivity index (χ1v) is 4.32. The fraction of sp³-hybridized carbons (Fsp3) is 0.429. The van der Waals surface area contributed by atoms with Gasteiger partial charge in [-0.05, 0) is 12.8 Å². The predicted octanol–water partition coefficient (Wildman–Crippen LogP) is 2.12. The van der Waals surface area contributed by atoms with Crippen molar-refractivity contribution in [1.82, 2.24) is 9.97 Å². The monoisotopic (exact) mass is 155 g/mol. The van der Waals surface area contributed by atoms with Crippen molar-refractivity contribution >= 4 is 11.8 Å². The molecule has 1 radical (unpaired) electrons. The number of aromatic nitrogens is 2. The molecule has 0 spiro atoms. The molecule has 3 heteroatoms. The number of hydrogen-bond donors (Lipinski definition) is 1. The van der Waals surface area contributed by atoms with Crippen molar-refractivity contribution in [1.29, 1.82) is 0 Å². The summed E-state index contributed by atoms with van der Waals surface area (Å²) in [5.41, 5.74) is 0. The van der Waals surface area contributed by atoms with Gasteiger partial charge in [0.25, 0.3) is 0 Å². The maximum Gasteiger partial charge on any atom is 0.165 e. The summed E-state index contributed by atoms with van der Waals surface area (Å²) in [6, 6.07) is 0. The summed E-state index contributed by atoms with van der Waals surface area (Å²) in [5, 5.41) is 1.02. The molecule has 0 atom stereocenters.